The Morgan fingerprint density at radius 1 is 1.67 bits per heavy atom. The zero-order chi connectivity index (χ0) is 11.3. The van der Waals surface area contributed by atoms with Crippen molar-refractivity contribution in [2.45, 2.75) is 26.4 Å². The van der Waals surface area contributed by atoms with Crippen LogP contribution in [0.4, 0.5) is 0 Å². The number of methoxy groups -OCH3 is 1. The number of nitrogens with one attached hydrogen (secondary N) is 1. The van der Waals surface area contributed by atoms with Crippen molar-refractivity contribution in [3.8, 4) is 0 Å². The molecule has 0 saturated heterocycles. The highest BCUT2D eigenvalue weighted by Gasteiger charge is 2.22. The third kappa shape index (κ3) is 3.32. The quantitative estimate of drug-likeness (QED) is 0.711. The Labute approximate surface area is 88.0 Å². The standard InChI is InChI=1S/C9H15N3O3/c1-6(2)8(9(13)14-3)10-4-7-11-5-12-15-7/h5-6,8,10H,4H2,1-3H3. The number of carbonyl (C=O) groups is 1. The Kier molecular flexibility index (Phi) is 4.23. The van der Waals surface area contributed by atoms with Gasteiger partial charge in [0.15, 0.2) is 6.33 Å². The zero-order valence-electron chi connectivity index (χ0n) is 9.06. The van der Waals surface area contributed by atoms with Crippen molar-refractivity contribution in [2.75, 3.05) is 7.11 Å². The molecule has 1 unspecified atom stereocenters. The van der Waals surface area contributed by atoms with Crippen LogP contribution in [0.3, 0.4) is 0 Å². The normalized spacial score (nSPS) is 12.8. The Morgan fingerprint density at radius 2 is 2.40 bits per heavy atom. The van der Waals surface area contributed by atoms with E-state index in [0.29, 0.717) is 12.4 Å². The first-order chi connectivity index (χ1) is 7.15. The van der Waals surface area contributed by atoms with Gasteiger partial charge in [-0.2, -0.15) is 4.98 Å². The topological polar surface area (TPSA) is 77.2 Å². The Balaban J connectivity index is 2.49. The van der Waals surface area contributed by atoms with E-state index in [-0.39, 0.29) is 17.9 Å². The van der Waals surface area contributed by atoms with Gasteiger partial charge in [-0.25, -0.2) is 0 Å². The molecule has 1 N–H and O–H groups in total. The van der Waals surface area contributed by atoms with Gasteiger partial charge in [0.05, 0.1) is 13.7 Å². The van der Waals surface area contributed by atoms with Crippen molar-refractivity contribution < 1.29 is 14.1 Å². The van der Waals surface area contributed by atoms with Crippen LogP contribution in [0.5, 0.6) is 0 Å². The van der Waals surface area contributed by atoms with E-state index in [1.165, 1.54) is 13.4 Å². The number of esters is 1. The van der Waals surface area contributed by atoms with Gasteiger partial charge >= 0.3 is 5.97 Å². The predicted molar refractivity (Wildman–Crippen MR) is 51.8 cm³/mol. The largest absolute Gasteiger partial charge is 0.468 e. The van der Waals surface area contributed by atoms with Crippen LogP contribution in [0.2, 0.25) is 0 Å². The van der Waals surface area contributed by atoms with Gasteiger partial charge in [-0.05, 0) is 5.92 Å². The van der Waals surface area contributed by atoms with E-state index in [1.54, 1.807) is 0 Å². The van der Waals surface area contributed by atoms with Crippen LogP contribution in [0.15, 0.2) is 10.9 Å². The van der Waals surface area contributed by atoms with Crippen molar-refractivity contribution in [3.63, 3.8) is 0 Å². The molecule has 0 bridgehead atoms. The lowest BCUT2D eigenvalue weighted by Crippen LogP contribution is -2.41. The molecule has 0 aromatic carbocycles. The van der Waals surface area contributed by atoms with Gasteiger partial charge < -0.3 is 9.26 Å². The summed E-state index contributed by atoms with van der Waals surface area (Å²) in [5.41, 5.74) is 0. The molecule has 1 aromatic rings. The second kappa shape index (κ2) is 5.45. The molecular weight excluding hydrogens is 198 g/mol. The second-order valence-electron chi connectivity index (χ2n) is 3.46. The van der Waals surface area contributed by atoms with Gasteiger partial charge in [-0.15, -0.1) is 0 Å². The minimum absolute atomic E-state index is 0.139. The van der Waals surface area contributed by atoms with Crippen molar-refractivity contribution in [2.24, 2.45) is 5.92 Å². The van der Waals surface area contributed by atoms with Crippen LogP contribution in [0.25, 0.3) is 0 Å². The lowest BCUT2D eigenvalue weighted by molar-refractivity contribution is -0.144. The Bertz CT molecular complexity index is 298. The molecule has 0 aliphatic heterocycles. The molecule has 84 valence electrons. The highest BCUT2D eigenvalue weighted by molar-refractivity contribution is 5.75. The Hall–Kier alpha value is -1.43. The number of nitrogens with zero attached hydrogens (tertiary/aromatic N) is 2. The van der Waals surface area contributed by atoms with Gasteiger partial charge in [0.2, 0.25) is 5.89 Å². The fraction of sp³-hybridized carbons (Fsp3) is 0.667. The number of rotatable bonds is 5. The molecule has 0 radical (unpaired) electrons. The van der Waals surface area contributed by atoms with Crippen molar-refractivity contribution >= 4 is 5.97 Å². The fourth-order valence-corrected chi connectivity index (χ4v) is 1.19. The molecule has 0 saturated carbocycles. The molecule has 1 heterocycles. The monoisotopic (exact) mass is 213 g/mol. The molecule has 0 amide bonds. The molecule has 0 fully saturated rings. The maximum atomic E-state index is 11.4. The van der Waals surface area contributed by atoms with Crippen LogP contribution in [-0.4, -0.2) is 29.3 Å². The summed E-state index contributed by atoms with van der Waals surface area (Å²) in [6.07, 6.45) is 1.32. The number of ether oxygens (including phenoxy) is 1. The van der Waals surface area contributed by atoms with Gasteiger partial charge in [-0.3, -0.25) is 10.1 Å². The van der Waals surface area contributed by atoms with Gasteiger partial charge in [0, 0.05) is 0 Å². The molecule has 6 heteroatoms. The van der Waals surface area contributed by atoms with Gasteiger partial charge in [0.25, 0.3) is 0 Å². The summed E-state index contributed by atoms with van der Waals surface area (Å²) in [5, 5.41) is 6.47. The van der Waals surface area contributed by atoms with Gasteiger partial charge in [0.1, 0.15) is 6.04 Å². The molecule has 6 nitrogen and oxygen atoms in total. The molecular formula is C9H15N3O3. The highest BCUT2D eigenvalue weighted by Crippen LogP contribution is 2.04. The average Bonchev–Trinajstić information content (AvgIpc) is 2.70. The van der Waals surface area contributed by atoms with Crippen molar-refractivity contribution in [1.82, 2.24) is 15.5 Å². The minimum atomic E-state index is -0.359. The maximum absolute atomic E-state index is 11.4. The summed E-state index contributed by atoms with van der Waals surface area (Å²) in [6.45, 7) is 4.22. The van der Waals surface area contributed by atoms with Crippen LogP contribution >= 0.6 is 0 Å². The lowest BCUT2D eigenvalue weighted by Gasteiger charge is -2.18. The first kappa shape index (κ1) is 11.6. The third-order valence-electron chi connectivity index (χ3n) is 2.00. The summed E-state index contributed by atoms with van der Waals surface area (Å²) in [4.78, 5) is 15.2. The van der Waals surface area contributed by atoms with Crippen LogP contribution in [-0.2, 0) is 16.1 Å². The summed E-state index contributed by atoms with van der Waals surface area (Å²) in [6, 6.07) is -0.359. The van der Waals surface area contributed by atoms with Crippen LogP contribution in [0.1, 0.15) is 19.7 Å². The van der Waals surface area contributed by atoms with Crippen molar-refractivity contribution in [3.05, 3.63) is 12.2 Å². The van der Waals surface area contributed by atoms with E-state index in [1.807, 2.05) is 13.8 Å². The Morgan fingerprint density at radius 3 is 2.87 bits per heavy atom. The summed E-state index contributed by atoms with van der Waals surface area (Å²) in [5.74, 6) is 0.300. The molecule has 0 aliphatic rings. The summed E-state index contributed by atoms with van der Waals surface area (Å²) in [7, 11) is 1.37. The van der Waals surface area contributed by atoms with E-state index < -0.39 is 0 Å². The fourth-order valence-electron chi connectivity index (χ4n) is 1.19. The third-order valence-corrected chi connectivity index (χ3v) is 2.00. The van der Waals surface area contributed by atoms with Crippen molar-refractivity contribution in [1.29, 1.82) is 0 Å². The first-order valence-corrected chi connectivity index (χ1v) is 4.72. The molecule has 1 atom stereocenters. The van der Waals surface area contributed by atoms with Crippen LogP contribution < -0.4 is 5.32 Å². The number of aromatic nitrogens is 2. The van der Waals surface area contributed by atoms with E-state index in [9.17, 15) is 4.79 Å². The van der Waals surface area contributed by atoms with Gasteiger partial charge in [-0.1, -0.05) is 19.0 Å². The number of hydrogen-bond donors (Lipinski definition) is 1. The highest BCUT2D eigenvalue weighted by atomic mass is 16.5. The molecule has 0 aliphatic carbocycles. The number of hydrogen-bond acceptors (Lipinski definition) is 6. The van der Waals surface area contributed by atoms with E-state index in [2.05, 4.69) is 20.2 Å². The van der Waals surface area contributed by atoms with Crippen LogP contribution in [0, 0.1) is 5.92 Å². The SMILES string of the molecule is COC(=O)C(NCc1ncno1)C(C)C. The van der Waals surface area contributed by atoms with E-state index in [0.717, 1.165) is 0 Å². The summed E-state index contributed by atoms with van der Waals surface area (Å²) < 4.78 is 9.48. The number of carbonyl (C=O) groups excluding carboxylic acids is 1. The molecule has 1 rings (SSSR count). The molecule has 1 aromatic heterocycles. The first-order valence-electron chi connectivity index (χ1n) is 4.72. The maximum Gasteiger partial charge on any atom is 0.323 e. The zero-order valence-corrected chi connectivity index (χ0v) is 9.06. The minimum Gasteiger partial charge on any atom is -0.468 e. The lowest BCUT2D eigenvalue weighted by atomic mass is 10.1. The molecule has 0 spiro atoms. The molecule has 15 heavy (non-hydrogen) atoms. The van der Waals surface area contributed by atoms with E-state index >= 15 is 0 Å². The smallest absolute Gasteiger partial charge is 0.323 e. The average molecular weight is 213 g/mol. The second-order valence-corrected chi connectivity index (χ2v) is 3.46. The predicted octanol–water partition coefficient (Wildman–Crippen LogP) is 0.357. The van der Waals surface area contributed by atoms with E-state index in [4.69, 9.17) is 4.52 Å². The summed E-state index contributed by atoms with van der Waals surface area (Å²) >= 11 is 0.